The zero-order valence-electron chi connectivity index (χ0n) is 10.6. The van der Waals surface area contributed by atoms with E-state index in [9.17, 15) is 9.18 Å². The number of benzene rings is 2. The van der Waals surface area contributed by atoms with Crippen molar-refractivity contribution in [2.75, 3.05) is 7.11 Å². The highest BCUT2D eigenvalue weighted by atomic mass is 19.1. The van der Waals surface area contributed by atoms with Crippen LogP contribution >= 0.6 is 0 Å². The number of hydrogen-bond donors (Lipinski definition) is 0. The number of carbonyl (C=O) groups excluding carboxylic acids is 1. The minimum Gasteiger partial charge on any atom is -0.497 e. The minimum atomic E-state index is -0.339. The number of carbonyl (C=O) groups is 1. The topological polar surface area (TPSA) is 26.3 Å². The summed E-state index contributed by atoms with van der Waals surface area (Å²) in [7, 11) is 1.54. The molecule has 3 rings (SSSR count). The van der Waals surface area contributed by atoms with E-state index in [4.69, 9.17) is 4.74 Å². The summed E-state index contributed by atoms with van der Waals surface area (Å²) in [5.74, 6) is 0.334. The summed E-state index contributed by atoms with van der Waals surface area (Å²) in [6.45, 7) is 0. The Morgan fingerprint density at radius 1 is 1.11 bits per heavy atom. The lowest BCUT2D eigenvalue weighted by Gasteiger charge is -2.10. The van der Waals surface area contributed by atoms with Gasteiger partial charge in [-0.25, -0.2) is 4.39 Å². The molecule has 0 saturated carbocycles. The number of Topliss-reactive ketones (excluding diaryl/α,β-unsaturated/α-hetero) is 1. The molecule has 0 heterocycles. The van der Waals surface area contributed by atoms with Gasteiger partial charge in [-0.1, -0.05) is 18.2 Å². The van der Waals surface area contributed by atoms with Gasteiger partial charge in [-0.2, -0.15) is 0 Å². The molecule has 0 spiro atoms. The first kappa shape index (κ1) is 11.9. The Hall–Kier alpha value is -2.16. The first-order chi connectivity index (χ1) is 9.20. The van der Waals surface area contributed by atoms with Crippen LogP contribution in [0.25, 0.3) is 11.1 Å². The average molecular weight is 256 g/mol. The molecule has 0 aliphatic heterocycles. The molecule has 0 atom stereocenters. The second-order valence-electron chi connectivity index (χ2n) is 4.61. The van der Waals surface area contributed by atoms with Crippen LogP contribution in [-0.4, -0.2) is 12.9 Å². The van der Waals surface area contributed by atoms with E-state index in [0.29, 0.717) is 28.9 Å². The number of hydrogen-bond acceptors (Lipinski definition) is 2. The molecule has 2 nitrogen and oxygen atoms in total. The van der Waals surface area contributed by atoms with Gasteiger partial charge < -0.3 is 4.74 Å². The molecule has 2 aromatic carbocycles. The van der Waals surface area contributed by atoms with E-state index < -0.39 is 0 Å². The van der Waals surface area contributed by atoms with E-state index in [0.717, 1.165) is 12.0 Å². The molecule has 0 unspecified atom stereocenters. The van der Waals surface area contributed by atoms with Gasteiger partial charge in [-0.15, -0.1) is 0 Å². The molecule has 0 aromatic heterocycles. The van der Waals surface area contributed by atoms with E-state index in [2.05, 4.69) is 0 Å². The quantitative estimate of drug-likeness (QED) is 0.820. The Bertz CT molecular complexity index is 662. The van der Waals surface area contributed by atoms with Gasteiger partial charge in [0, 0.05) is 17.5 Å². The number of ketones is 1. The summed E-state index contributed by atoms with van der Waals surface area (Å²) >= 11 is 0. The van der Waals surface area contributed by atoms with E-state index in [1.54, 1.807) is 18.2 Å². The van der Waals surface area contributed by atoms with Crippen LogP contribution in [0.3, 0.4) is 0 Å². The molecular weight excluding hydrogens is 243 g/mol. The maximum Gasteiger partial charge on any atom is 0.164 e. The second-order valence-corrected chi connectivity index (χ2v) is 4.61. The number of rotatable bonds is 2. The monoisotopic (exact) mass is 256 g/mol. The summed E-state index contributed by atoms with van der Waals surface area (Å²) in [4.78, 5) is 12.0. The summed E-state index contributed by atoms with van der Waals surface area (Å²) < 4.78 is 19.1. The molecule has 2 aromatic rings. The van der Waals surface area contributed by atoms with Crippen LogP contribution in [-0.2, 0) is 6.42 Å². The Morgan fingerprint density at radius 2 is 1.95 bits per heavy atom. The lowest BCUT2D eigenvalue weighted by atomic mass is 9.96. The molecular formula is C16H13FO2. The SMILES string of the molecule is COc1ccc(F)c(-c2cccc3c2C(=O)CC3)c1. The Balaban J connectivity index is 2.23. The van der Waals surface area contributed by atoms with E-state index in [1.165, 1.54) is 13.2 Å². The third-order valence-electron chi connectivity index (χ3n) is 3.51. The van der Waals surface area contributed by atoms with Crippen molar-refractivity contribution in [1.29, 1.82) is 0 Å². The number of fused-ring (bicyclic) bond motifs is 1. The molecule has 96 valence electrons. The molecule has 19 heavy (non-hydrogen) atoms. The molecule has 0 N–H and O–H groups in total. The van der Waals surface area contributed by atoms with E-state index >= 15 is 0 Å². The molecule has 3 heteroatoms. The van der Waals surface area contributed by atoms with Crippen LogP contribution < -0.4 is 4.74 Å². The van der Waals surface area contributed by atoms with Crippen LogP contribution in [0.1, 0.15) is 22.3 Å². The van der Waals surface area contributed by atoms with Crippen molar-refractivity contribution < 1.29 is 13.9 Å². The van der Waals surface area contributed by atoms with E-state index in [-0.39, 0.29) is 11.6 Å². The first-order valence-corrected chi connectivity index (χ1v) is 6.19. The van der Waals surface area contributed by atoms with Crippen molar-refractivity contribution in [2.24, 2.45) is 0 Å². The fourth-order valence-corrected chi connectivity index (χ4v) is 2.57. The van der Waals surface area contributed by atoms with Crippen molar-refractivity contribution in [3.8, 4) is 16.9 Å². The highest BCUT2D eigenvalue weighted by Gasteiger charge is 2.24. The fourth-order valence-electron chi connectivity index (χ4n) is 2.57. The van der Waals surface area contributed by atoms with Crippen molar-refractivity contribution in [1.82, 2.24) is 0 Å². The van der Waals surface area contributed by atoms with Gasteiger partial charge in [0.2, 0.25) is 0 Å². The van der Waals surface area contributed by atoms with Crippen LogP contribution in [0.2, 0.25) is 0 Å². The predicted molar refractivity (Wildman–Crippen MR) is 71.0 cm³/mol. The molecule has 0 fully saturated rings. The zero-order chi connectivity index (χ0) is 13.4. The standard InChI is InChI=1S/C16H13FO2/c1-19-11-6-7-14(17)13(9-11)12-4-2-3-10-5-8-15(18)16(10)12/h2-4,6-7,9H,5,8H2,1H3. The lowest BCUT2D eigenvalue weighted by Crippen LogP contribution is -1.97. The van der Waals surface area contributed by atoms with Crippen LogP contribution in [0, 0.1) is 5.82 Å². The number of methoxy groups -OCH3 is 1. The normalized spacial score (nSPS) is 13.5. The molecule has 0 saturated heterocycles. The zero-order valence-corrected chi connectivity index (χ0v) is 10.6. The van der Waals surface area contributed by atoms with Crippen molar-refractivity contribution in [3.63, 3.8) is 0 Å². The predicted octanol–water partition coefficient (Wildman–Crippen LogP) is 3.63. The maximum absolute atomic E-state index is 14.0. The Kier molecular flexibility index (Phi) is 2.82. The van der Waals surface area contributed by atoms with Crippen molar-refractivity contribution in [3.05, 3.63) is 53.3 Å². The summed E-state index contributed by atoms with van der Waals surface area (Å²) in [6.07, 6.45) is 1.26. The van der Waals surface area contributed by atoms with Crippen molar-refractivity contribution >= 4 is 5.78 Å². The van der Waals surface area contributed by atoms with Crippen LogP contribution in [0.5, 0.6) is 5.75 Å². The largest absolute Gasteiger partial charge is 0.497 e. The highest BCUT2D eigenvalue weighted by molar-refractivity contribution is 6.06. The van der Waals surface area contributed by atoms with Gasteiger partial charge in [0.25, 0.3) is 0 Å². The minimum absolute atomic E-state index is 0.0906. The molecule has 0 amide bonds. The highest BCUT2D eigenvalue weighted by Crippen LogP contribution is 2.35. The van der Waals surface area contributed by atoms with Gasteiger partial charge in [0.1, 0.15) is 11.6 Å². The Morgan fingerprint density at radius 3 is 2.74 bits per heavy atom. The van der Waals surface area contributed by atoms with Crippen LogP contribution in [0.15, 0.2) is 36.4 Å². The lowest BCUT2D eigenvalue weighted by molar-refractivity contribution is 0.0995. The van der Waals surface area contributed by atoms with Crippen molar-refractivity contribution in [2.45, 2.75) is 12.8 Å². The summed E-state index contributed by atoms with van der Waals surface area (Å²) in [6, 6.07) is 10.2. The van der Waals surface area contributed by atoms with Gasteiger partial charge in [0.05, 0.1) is 7.11 Å². The molecule has 0 radical (unpaired) electrons. The number of aryl methyl sites for hydroxylation is 1. The number of halogens is 1. The smallest absolute Gasteiger partial charge is 0.164 e. The third kappa shape index (κ3) is 1.91. The summed E-state index contributed by atoms with van der Waals surface area (Å²) in [5.41, 5.74) is 2.75. The van der Waals surface area contributed by atoms with Gasteiger partial charge in [-0.3, -0.25) is 4.79 Å². The fraction of sp³-hybridized carbons (Fsp3) is 0.188. The molecule has 1 aliphatic carbocycles. The Labute approximate surface area is 110 Å². The van der Waals surface area contributed by atoms with Gasteiger partial charge in [0.15, 0.2) is 5.78 Å². The first-order valence-electron chi connectivity index (χ1n) is 6.19. The van der Waals surface area contributed by atoms with Gasteiger partial charge in [-0.05, 0) is 35.7 Å². The maximum atomic E-state index is 14.0. The van der Waals surface area contributed by atoms with Gasteiger partial charge >= 0.3 is 0 Å². The number of ether oxygens (including phenoxy) is 1. The second kappa shape index (κ2) is 4.50. The molecule has 0 bridgehead atoms. The molecule has 1 aliphatic rings. The third-order valence-corrected chi connectivity index (χ3v) is 3.51. The van der Waals surface area contributed by atoms with Crippen LogP contribution in [0.4, 0.5) is 4.39 Å². The average Bonchev–Trinajstić information content (AvgIpc) is 2.81. The summed E-state index contributed by atoms with van der Waals surface area (Å²) in [5, 5.41) is 0. The van der Waals surface area contributed by atoms with E-state index in [1.807, 2.05) is 12.1 Å².